The number of rotatable bonds is 4. The van der Waals surface area contributed by atoms with Gasteiger partial charge in [0.15, 0.2) is 0 Å². The van der Waals surface area contributed by atoms with E-state index in [0.29, 0.717) is 16.7 Å². The van der Waals surface area contributed by atoms with Gasteiger partial charge in [0.2, 0.25) is 0 Å². The molecule has 0 unspecified atom stereocenters. The summed E-state index contributed by atoms with van der Waals surface area (Å²) < 4.78 is 0. The zero-order valence-electron chi connectivity index (χ0n) is 14.2. The third-order valence-corrected chi connectivity index (χ3v) is 4.71. The lowest BCUT2D eigenvalue weighted by molar-refractivity contribution is 0.743. The molecule has 0 saturated carbocycles. The molecule has 6 heteroatoms. The number of nitrogens with zero attached hydrogens (tertiary/aromatic N) is 3. The maximum atomic E-state index is 12.2. The van der Waals surface area contributed by atoms with Crippen molar-refractivity contribution in [1.82, 2.24) is 19.9 Å². The van der Waals surface area contributed by atoms with Crippen molar-refractivity contribution < 1.29 is 0 Å². The van der Waals surface area contributed by atoms with E-state index in [-0.39, 0.29) is 16.7 Å². The van der Waals surface area contributed by atoms with E-state index in [4.69, 9.17) is 0 Å². The molecular formula is C18H20N4OS. The highest BCUT2D eigenvalue weighted by Gasteiger charge is 2.15. The first-order chi connectivity index (χ1) is 11.4. The maximum Gasteiger partial charge on any atom is 0.258 e. The topological polar surface area (TPSA) is 71.5 Å². The molecule has 0 bridgehead atoms. The van der Waals surface area contributed by atoms with Crippen LogP contribution in [0.2, 0.25) is 0 Å². The van der Waals surface area contributed by atoms with Crippen LogP contribution >= 0.6 is 11.8 Å². The Kier molecular flexibility index (Phi) is 4.66. The summed E-state index contributed by atoms with van der Waals surface area (Å²) >= 11 is 1.58. The van der Waals surface area contributed by atoms with Gasteiger partial charge in [-0.15, -0.1) is 0 Å². The highest BCUT2D eigenvalue weighted by atomic mass is 32.2. The van der Waals surface area contributed by atoms with Gasteiger partial charge in [0, 0.05) is 11.6 Å². The highest BCUT2D eigenvalue weighted by Crippen LogP contribution is 2.32. The molecule has 0 saturated heterocycles. The fraction of sp³-hybridized carbons (Fsp3) is 0.333. The molecule has 1 aromatic carbocycles. The molecule has 0 amide bonds. The zero-order valence-corrected chi connectivity index (χ0v) is 15.0. The Morgan fingerprint density at radius 1 is 1.08 bits per heavy atom. The van der Waals surface area contributed by atoms with Crippen molar-refractivity contribution in [2.75, 3.05) is 0 Å². The van der Waals surface area contributed by atoms with E-state index in [1.165, 1.54) is 0 Å². The molecule has 1 N–H and O–H groups in total. The van der Waals surface area contributed by atoms with Gasteiger partial charge >= 0.3 is 0 Å². The molecule has 0 aliphatic rings. The second kappa shape index (κ2) is 6.73. The largest absolute Gasteiger partial charge is 0.309 e. The number of thioether (sulfide) groups is 1. The Morgan fingerprint density at radius 3 is 2.58 bits per heavy atom. The number of H-pyrrole nitrogens is 1. The number of aryl methyl sites for hydroxylation is 1. The van der Waals surface area contributed by atoms with Crippen LogP contribution in [0.1, 0.15) is 49.3 Å². The van der Waals surface area contributed by atoms with Gasteiger partial charge in [-0.05, 0) is 32.0 Å². The summed E-state index contributed by atoms with van der Waals surface area (Å²) in [5, 5.41) is 1.49. The zero-order chi connectivity index (χ0) is 17.3. The molecule has 0 aliphatic heterocycles. The van der Waals surface area contributed by atoms with Crippen molar-refractivity contribution in [3.8, 4) is 0 Å². The summed E-state index contributed by atoms with van der Waals surface area (Å²) in [4.78, 5) is 28.8. The summed E-state index contributed by atoms with van der Waals surface area (Å²) in [6.45, 7) is 8.15. The average Bonchev–Trinajstić information content (AvgIpc) is 2.54. The molecule has 0 radical (unpaired) electrons. The number of hydrogen-bond donors (Lipinski definition) is 1. The number of nitrogens with one attached hydrogen (secondary N) is 1. The number of hydrogen-bond acceptors (Lipinski definition) is 5. The lowest BCUT2D eigenvalue weighted by atomic mass is 10.2. The predicted octanol–water partition coefficient (Wildman–Crippen LogP) is 4.00. The van der Waals surface area contributed by atoms with Gasteiger partial charge in [0.25, 0.3) is 5.56 Å². The highest BCUT2D eigenvalue weighted by molar-refractivity contribution is 7.99. The van der Waals surface area contributed by atoms with Crippen molar-refractivity contribution in [3.05, 3.63) is 58.0 Å². The Hall–Kier alpha value is -2.21. The normalized spacial score (nSPS) is 12.7. The Bertz CT molecular complexity index is 936. The maximum absolute atomic E-state index is 12.2. The van der Waals surface area contributed by atoms with E-state index in [1.54, 1.807) is 17.8 Å². The Morgan fingerprint density at radius 2 is 1.83 bits per heavy atom. The van der Waals surface area contributed by atoms with Crippen molar-refractivity contribution in [1.29, 1.82) is 0 Å². The van der Waals surface area contributed by atoms with Crippen molar-refractivity contribution in [2.24, 2.45) is 0 Å². The molecule has 0 spiro atoms. The minimum atomic E-state index is -0.107. The van der Waals surface area contributed by atoms with Crippen LogP contribution in [0.25, 0.3) is 10.9 Å². The predicted molar refractivity (Wildman–Crippen MR) is 97.5 cm³/mol. The molecule has 3 aromatic rings. The number of para-hydroxylation sites is 1. The summed E-state index contributed by atoms with van der Waals surface area (Å²) in [6.07, 6.45) is 0. The molecular weight excluding hydrogens is 320 g/mol. The van der Waals surface area contributed by atoms with Crippen LogP contribution in [0.3, 0.4) is 0 Å². The molecule has 2 heterocycles. The van der Waals surface area contributed by atoms with Crippen LogP contribution in [0, 0.1) is 6.92 Å². The van der Waals surface area contributed by atoms with E-state index in [2.05, 4.69) is 33.8 Å². The molecule has 2 aromatic heterocycles. The van der Waals surface area contributed by atoms with E-state index >= 15 is 0 Å². The van der Waals surface area contributed by atoms with E-state index in [0.717, 1.165) is 16.5 Å². The van der Waals surface area contributed by atoms with Crippen LogP contribution in [0.15, 0.2) is 40.2 Å². The lowest BCUT2D eigenvalue weighted by Gasteiger charge is -2.13. The third-order valence-electron chi connectivity index (χ3n) is 3.68. The quantitative estimate of drug-likeness (QED) is 0.574. The summed E-state index contributed by atoms with van der Waals surface area (Å²) in [7, 11) is 0. The van der Waals surface area contributed by atoms with Crippen LogP contribution in [-0.2, 0) is 0 Å². The summed E-state index contributed by atoms with van der Waals surface area (Å²) in [6, 6.07) is 9.34. The fourth-order valence-electron chi connectivity index (χ4n) is 2.41. The Labute approximate surface area is 145 Å². The SMILES string of the molecule is Cc1cc(S[C@H](C)c2nc3ccccc3c(=O)[nH]2)nc(C(C)C)n1. The fourth-order valence-corrected chi connectivity index (χ4v) is 3.38. The first kappa shape index (κ1) is 16.6. The molecule has 24 heavy (non-hydrogen) atoms. The number of aromatic amines is 1. The van der Waals surface area contributed by atoms with Gasteiger partial charge in [0.05, 0.1) is 16.2 Å². The number of benzene rings is 1. The van der Waals surface area contributed by atoms with Crippen LogP contribution in [0.5, 0.6) is 0 Å². The van der Waals surface area contributed by atoms with Gasteiger partial charge in [-0.25, -0.2) is 15.0 Å². The van der Waals surface area contributed by atoms with E-state index in [9.17, 15) is 4.79 Å². The van der Waals surface area contributed by atoms with Gasteiger partial charge in [0.1, 0.15) is 16.7 Å². The smallest absolute Gasteiger partial charge is 0.258 e. The van der Waals surface area contributed by atoms with Gasteiger partial charge in [-0.2, -0.15) is 0 Å². The van der Waals surface area contributed by atoms with Crippen LogP contribution in [0.4, 0.5) is 0 Å². The second-order valence-electron chi connectivity index (χ2n) is 6.09. The van der Waals surface area contributed by atoms with Crippen LogP contribution in [-0.4, -0.2) is 19.9 Å². The van der Waals surface area contributed by atoms with Gasteiger partial charge in [-0.3, -0.25) is 4.79 Å². The molecule has 3 rings (SSSR count). The monoisotopic (exact) mass is 340 g/mol. The minimum absolute atomic E-state index is 0.0170. The molecule has 5 nitrogen and oxygen atoms in total. The summed E-state index contributed by atoms with van der Waals surface area (Å²) in [5.41, 5.74) is 1.55. The van der Waals surface area contributed by atoms with Gasteiger partial charge in [-0.1, -0.05) is 37.7 Å². The Balaban J connectivity index is 1.93. The molecule has 0 aliphatic carbocycles. The van der Waals surface area contributed by atoms with Gasteiger partial charge < -0.3 is 4.98 Å². The minimum Gasteiger partial charge on any atom is -0.309 e. The standard InChI is InChI=1S/C18H20N4OS/c1-10(2)16-19-11(3)9-15(21-16)24-12(4)17-20-14-8-6-5-7-13(14)18(23)22-17/h5-10,12H,1-4H3,(H,20,22,23)/t12-/m1/s1. The second-order valence-corrected chi connectivity index (χ2v) is 7.45. The van der Waals surface area contributed by atoms with Crippen molar-refractivity contribution in [3.63, 3.8) is 0 Å². The van der Waals surface area contributed by atoms with Crippen molar-refractivity contribution >= 4 is 22.7 Å². The lowest BCUT2D eigenvalue weighted by Crippen LogP contribution is -2.13. The first-order valence-electron chi connectivity index (χ1n) is 7.95. The molecule has 124 valence electrons. The van der Waals surface area contributed by atoms with E-state index in [1.807, 2.05) is 38.1 Å². The van der Waals surface area contributed by atoms with Crippen molar-refractivity contribution in [2.45, 2.75) is 43.9 Å². The first-order valence-corrected chi connectivity index (χ1v) is 8.83. The number of fused-ring (bicyclic) bond motifs is 1. The molecule has 0 fully saturated rings. The van der Waals surface area contributed by atoms with E-state index < -0.39 is 0 Å². The molecule has 1 atom stereocenters. The number of aromatic nitrogens is 4. The van der Waals surface area contributed by atoms with Crippen LogP contribution < -0.4 is 5.56 Å². The average molecular weight is 340 g/mol. The summed E-state index contributed by atoms with van der Waals surface area (Å²) in [5.74, 6) is 1.77. The third kappa shape index (κ3) is 3.48.